The van der Waals surface area contributed by atoms with Gasteiger partial charge in [-0.2, -0.15) is 0 Å². The first kappa shape index (κ1) is 13.3. The molecule has 0 atom stereocenters. The highest BCUT2D eigenvalue weighted by Crippen LogP contribution is 2.28. The number of nitrogens with one attached hydrogen (secondary N) is 2. The number of aromatic nitrogens is 1. The first-order valence-corrected chi connectivity index (χ1v) is 6.40. The van der Waals surface area contributed by atoms with Crippen LogP contribution in [0.25, 0.3) is 0 Å². The first-order valence-electron chi connectivity index (χ1n) is 6.40. The Bertz CT molecular complexity index is 472. The number of carboxylic acids is 1. The van der Waals surface area contributed by atoms with Crippen LogP contribution in [0.4, 0.5) is 10.5 Å². The van der Waals surface area contributed by atoms with Crippen molar-refractivity contribution in [1.82, 2.24) is 10.3 Å². The van der Waals surface area contributed by atoms with Gasteiger partial charge >= 0.3 is 12.0 Å². The van der Waals surface area contributed by atoms with Crippen LogP contribution in [0.2, 0.25) is 0 Å². The molecule has 1 heterocycles. The second-order valence-electron chi connectivity index (χ2n) is 4.67. The smallest absolute Gasteiger partial charge is 0.356 e. The molecule has 0 aromatic carbocycles. The van der Waals surface area contributed by atoms with E-state index in [4.69, 9.17) is 5.11 Å². The molecule has 2 rings (SSSR count). The number of nitrogens with zero attached hydrogens (tertiary/aromatic N) is 1. The van der Waals surface area contributed by atoms with Gasteiger partial charge in [-0.1, -0.05) is 19.3 Å². The van der Waals surface area contributed by atoms with Gasteiger partial charge < -0.3 is 15.7 Å². The molecule has 1 aromatic rings. The van der Waals surface area contributed by atoms with Crippen molar-refractivity contribution < 1.29 is 14.7 Å². The number of carboxylic acid groups (broad SMARTS) is 1. The lowest BCUT2D eigenvalue weighted by atomic mass is 9.83. The van der Waals surface area contributed by atoms with Crippen LogP contribution in [0.1, 0.15) is 36.2 Å². The van der Waals surface area contributed by atoms with Crippen LogP contribution in [0.5, 0.6) is 0 Å². The Labute approximate surface area is 111 Å². The number of hydrogen-bond donors (Lipinski definition) is 3. The molecule has 1 aromatic heterocycles. The normalized spacial score (nSPS) is 14.5. The highest BCUT2D eigenvalue weighted by Gasteiger charge is 2.17. The van der Waals surface area contributed by atoms with Crippen molar-refractivity contribution in [3.8, 4) is 0 Å². The Kier molecular flexibility index (Phi) is 4.33. The second kappa shape index (κ2) is 6.17. The molecule has 6 heteroatoms. The van der Waals surface area contributed by atoms with Crippen LogP contribution in [0.3, 0.4) is 0 Å². The van der Waals surface area contributed by atoms with Gasteiger partial charge in [0.2, 0.25) is 0 Å². The van der Waals surface area contributed by atoms with Crippen molar-refractivity contribution in [3.05, 3.63) is 24.0 Å². The number of carbonyl (C=O) groups is 2. The maximum atomic E-state index is 11.6. The SMILES string of the molecule is O=C(NCCC1CCC1)Nc1cccnc1C(=O)O. The summed E-state index contributed by atoms with van der Waals surface area (Å²) < 4.78 is 0. The summed E-state index contributed by atoms with van der Waals surface area (Å²) in [7, 11) is 0. The maximum absolute atomic E-state index is 11.6. The zero-order valence-corrected chi connectivity index (χ0v) is 10.6. The van der Waals surface area contributed by atoms with Crippen LogP contribution in [-0.2, 0) is 0 Å². The Hall–Kier alpha value is -2.11. The fourth-order valence-electron chi connectivity index (χ4n) is 2.01. The summed E-state index contributed by atoms with van der Waals surface area (Å²) in [4.78, 5) is 26.3. The Balaban J connectivity index is 1.82. The van der Waals surface area contributed by atoms with E-state index < -0.39 is 12.0 Å². The van der Waals surface area contributed by atoms with E-state index >= 15 is 0 Å². The Morgan fingerprint density at radius 1 is 1.42 bits per heavy atom. The fourth-order valence-corrected chi connectivity index (χ4v) is 2.01. The molecule has 19 heavy (non-hydrogen) atoms. The number of pyridine rings is 1. The molecule has 1 aliphatic carbocycles. The lowest BCUT2D eigenvalue weighted by Crippen LogP contribution is -2.32. The second-order valence-corrected chi connectivity index (χ2v) is 4.67. The molecule has 0 aliphatic heterocycles. The van der Waals surface area contributed by atoms with Crippen LogP contribution < -0.4 is 10.6 Å². The average Bonchev–Trinajstić information content (AvgIpc) is 2.32. The highest BCUT2D eigenvalue weighted by molar-refractivity contribution is 5.98. The molecule has 0 saturated heterocycles. The van der Waals surface area contributed by atoms with E-state index in [-0.39, 0.29) is 11.4 Å². The van der Waals surface area contributed by atoms with Gasteiger partial charge in [-0.15, -0.1) is 0 Å². The number of amides is 2. The number of hydrogen-bond acceptors (Lipinski definition) is 3. The number of anilines is 1. The number of aromatic carboxylic acids is 1. The monoisotopic (exact) mass is 263 g/mol. The topological polar surface area (TPSA) is 91.3 Å². The number of rotatable bonds is 5. The molecule has 0 unspecified atom stereocenters. The van der Waals surface area contributed by atoms with Gasteiger partial charge in [0.25, 0.3) is 0 Å². The van der Waals surface area contributed by atoms with E-state index in [1.807, 2.05) is 0 Å². The van der Waals surface area contributed by atoms with Gasteiger partial charge in [0, 0.05) is 12.7 Å². The lowest BCUT2D eigenvalue weighted by Gasteiger charge is -2.25. The quantitative estimate of drug-likeness (QED) is 0.758. The Morgan fingerprint density at radius 2 is 2.21 bits per heavy atom. The van der Waals surface area contributed by atoms with Crippen molar-refractivity contribution in [3.63, 3.8) is 0 Å². The number of urea groups is 1. The van der Waals surface area contributed by atoms with Crippen molar-refractivity contribution in [2.45, 2.75) is 25.7 Å². The molecule has 1 fully saturated rings. The molecule has 0 spiro atoms. The summed E-state index contributed by atoms with van der Waals surface area (Å²) in [6, 6.07) is 2.70. The van der Waals surface area contributed by atoms with Gasteiger partial charge in [-0.3, -0.25) is 0 Å². The minimum atomic E-state index is -1.16. The standard InChI is InChI=1S/C13H17N3O3/c17-12(18)11-10(5-2-7-14-11)16-13(19)15-8-6-9-3-1-4-9/h2,5,7,9H,1,3-4,6,8H2,(H,17,18)(H2,15,16,19). The van der Waals surface area contributed by atoms with Crippen LogP contribution in [-0.4, -0.2) is 28.6 Å². The van der Waals surface area contributed by atoms with Gasteiger partial charge in [0.05, 0.1) is 5.69 Å². The summed E-state index contributed by atoms with van der Waals surface area (Å²) >= 11 is 0. The molecule has 1 aliphatic rings. The van der Waals surface area contributed by atoms with Gasteiger partial charge in [0.15, 0.2) is 5.69 Å². The Morgan fingerprint density at radius 3 is 2.84 bits per heavy atom. The molecular formula is C13H17N3O3. The predicted molar refractivity (Wildman–Crippen MR) is 70.2 cm³/mol. The third kappa shape index (κ3) is 3.67. The molecule has 1 saturated carbocycles. The third-order valence-corrected chi connectivity index (χ3v) is 3.32. The van der Waals surface area contributed by atoms with Crippen molar-refractivity contribution in [2.75, 3.05) is 11.9 Å². The van der Waals surface area contributed by atoms with E-state index in [2.05, 4.69) is 15.6 Å². The number of carbonyl (C=O) groups excluding carboxylic acids is 1. The van der Waals surface area contributed by atoms with Crippen molar-refractivity contribution in [2.24, 2.45) is 5.92 Å². The third-order valence-electron chi connectivity index (χ3n) is 3.32. The summed E-state index contributed by atoms with van der Waals surface area (Å²) in [5.41, 5.74) is 0.0489. The molecule has 3 N–H and O–H groups in total. The van der Waals surface area contributed by atoms with Crippen molar-refractivity contribution in [1.29, 1.82) is 0 Å². The first-order chi connectivity index (χ1) is 9.16. The molecule has 0 radical (unpaired) electrons. The van der Waals surface area contributed by atoms with E-state index in [0.717, 1.165) is 12.3 Å². The summed E-state index contributed by atoms with van der Waals surface area (Å²) in [5.74, 6) is -0.432. The minimum absolute atomic E-state index is 0.156. The van der Waals surface area contributed by atoms with Crippen LogP contribution in [0.15, 0.2) is 18.3 Å². The van der Waals surface area contributed by atoms with E-state index in [9.17, 15) is 9.59 Å². The summed E-state index contributed by atoms with van der Waals surface area (Å²) in [5, 5.41) is 14.2. The van der Waals surface area contributed by atoms with Crippen LogP contribution >= 0.6 is 0 Å². The van der Waals surface area contributed by atoms with E-state index in [1.165, 1.54) is 31.5 Å². The summed E-state index contributed by atoms with van der Waals surface area (Å²) in [6.07, 6.45) is 6.13. The zero-order chi connectivity index (χ0) is 13.7. The van der Waals surface area contributed by atoms with E-state index in [0.29, 0.717) is 6.54 Å². The van der Waals surface area contributed by atoms with Crippen molar-refractivity contribution >= 4 is 17.7 Å². The molecule has 6 nitrogen and oxygen atoms in total. The van der Waals surface area contributed by atoms with Crippen LogP contribution in [0, 0.1) is 5.92 Å². The van der Waals surface area contributed by atoms with Gasteiger partial charge in [-0.25, -0.2) is 14.6 Å². The molecule has 0 bridgehead atoms. The molecule has 102 valence electrons. The maximum Gasteiger partial charge on any atom is 0.356 e. The average molecular weight is 263 g/mol. The fraction of sp³-hybridized carbons (Fsp3) is 0.462. The van der Waals surface area contributed by atoms with Gasteiger partial charge in [0.1, 0.15) is 0 Å². The van der Waals surface area contributed by atoms with E-state index in [1.54, 1.807) is 6.07 Å². The largest absolute Gasteiger partial charge is 0.476 e. The lowest BCUT2D eigenvalue weighted by molar-refractivity contribution is 0.0692. The molecule has 2 amide bonds. The summed E-state index contributed by atoms with van der Waals surface area (Å²) in [6.45, 7) is 0.610. The molecular weight excluding hydrogens is 246 g/mol. The zero-order valence-electron chi connectivity index (χ0n) is 10.6. The minimum Gasteiger partial charge on any atom is -0.476 e. The predicted octanol–water partition coefficient (Wildman–Crippen LogP) is 2.09. The van der Waals surface area contributed by atoms with Gasteiger partial charge in [-0.05, 0) is 24.5 Å². The highest BCUT2D eigenvalue weighted by atomic mass is 16.4.